The van der Waals surface area contributed by atoms with Gasteiger partial charge in [-0.05, 0) is 30.6 Å². The molecule has 112 valence electrons. The lowest BCUT2D eigenvalue weighted by Gasteiger charge is -2.33. The fraction of sp³-hybridized carbons (Fsp3) is 0.615. The number of nitrogens with zero attached hydrogens (tertiary/aromatic N) is 3. The molecule has 0 aromatic carbocycles. The van der Waals surface area contributed by atoms with Crippen molar-refractivity contribution in [3.05, 3.63) is 21.7 Å². The third-order valence-electron chi connectivity index (χ3n) is 4.51. The number of thiazole rings is 1. The van der Waals surface area contributed by atoms with Gasteiger partial charge in [0.05, 0.1) is 6.10 Å². The van der Waals surface area contributed by atoms with Gasteiger partial charge in [0.15, 0.2) is 0 Å². The van der Waals surface area contributed by atoms with Crippen molar-refractivity contribution in [3.63, 3.8) is 0 Å². The molecular formula is C13H16N4O3S. The molecule has 0 radical (unpaired) electrons. The van der Waals surface area contributed by atoms with Crippen LogP contribution in [0.2, 0.25) is 0 Å². The summed E-state index contributed by atoms with van der Waals surface area (Å²) in [5.74, 6) is 0.870. The Kier molecular flexibility index (Phi) is 3.07. The predicted molar refractivity (Wildman–Crippen MR) is 78.8 cm³/mol. The van der Waals surface area contributed by atoms with Gasteiger partial charge in [-0.1, -0.05) is 11.3 Å². The van der Waals surface area contributed by atoms with E-state index in [0.29, 0.717) is 22.8 Å². The Labute approximate surface area is 125 Å². The second-order valence-electron chi connectivity index (χ2n) is 5.64. The van der Waals surface area contributed by atoms with Crippen molar-refractivity contribution < 1.29 is 9.66 Å². The molecule has 21 heavy (non-hydrogen) atoms. The van der Waals surface area contributed by atoms with E-state index in [9.17, 15) is 10.1 Å². The van der Waals surface area contributed by atoms with Crippen molar-refractivity contribution in [1.29, 1.82) is 0 Å². The summed E-state index contributed by atoms with van der Waals surface area (Å²) < 4.78 is 7.29. The van der Waals surface area contributed by atoms with Crippen LogP contribution in [0.4, 0.5) is 11.6 Å². The zero-order chi connectivity index (χ0) is 14.4. The van der Waals surface area contributed by atoms with Gasteiger partial charge in [0.25, 0.3) is 4.96 Å². The van der Waals surface area contributed by atoms with Crippen molar-refractivity contribution in [2.24, 2.45) is 5.92 Å². The van der Waals surface area contributed by atoms with Gasteiger partial charge >= 0.3 is 5.82 Å². The largest absolute Gasteiger partial charge is 0.378 e. The molecule has 3 heterocycles. The molecule has 3 atom stereocenters. The van der Waals surface area contributed by atoms with Gasteiger partial charge in [-0.2, -0.15) is 9.38 Å². The first-order valence-corrected chi connectivity index (χ1v) is 8.10. The number of hydrogen-bond donors (Lipinski definition) is 1. The Bertz CT molecular complexity index is 682. The summed E-state index contributed by atoms with van der Waals surface area (Å²) in [6.45, 7) is 0.799. The van der Waals surface area contributed by atoms with Crippen LogP contribution in [0.25, 0.3) is 4.96 Å². The average Bonchev–Trinajstić information content (AvgIpc) is 3.11. The number of nitro groups is 1. The lowest BCUT2D eigenvalue weighted by molar-refractivity contribution is -0.389. The Morgan fingerprint density at radius 2 is 2.38 bits per heavy atom. The van der Waals surface area contributed by atoms with E-state index in [0.717, 1.165) is 32.3 Å². The second kappa shape index (κ2) is 4.96. The molecule has 1 saturated heterocycles. The number of imidazole rings is 1. The molecule has 1 aliphatic carbocycles. The molecule has 1 aliphatic heterocycles. The zero-order valence-corrected chi connectivity index (χ0v) is 12.2. The molecule has 1 saturated carbocycles. The molecule has 0 spiro atoms. The number of hydrogen-bond acceptors (Lipinski definition) is 6. The van der Waals surface area contributed by atoms with Crippen LogP contribution >= 0.6 is 11.3 Å². The van der Waals surface area contributed by atoms with Crippen molar-refractivity contribution in [2.45, 2.75) is 37.8 Å². The molecular weight excluding hydrogens is 292 g/mol. The van der Waals surface area contributed by atoms with Crippen LogP contribution in [-0.2, 0) is 4.74 Å². The van der Waals surface area contributed by atoms with E-state index in [2.05, 4.69) is 10.3 Å². The minimum Gasteiger partial charge on any atom is -0.378 e. The van der Waals surface area contributed by atoms with Gasteiger partial charge < -0.3 is 20.2 Å². The van der Waals surface area contributed by atoms with Crippen LogP contribution in [0.5, 0.6) is 0 Å². The highest BCUT2D eigenvalue weighted by molar-refractivity contribution is 7.15. The molecule has 0 bridgehead atoms. The normalized spacial score (nSPS) is 28.7. The molecule has 0 amide bonds. The molecule has 7 nitrogen and oxygen atoms in total. The Morgan fingerprint density at radius 1 is 1.48 bits per heavy atom. The molecule has 4 rings (SSSR count). The van der Waals surface area contributed by atoms with Crippen LogP contribution in [0.3, 0.4) is 0 Å². The van der Waals surface area contributed by atoms with Gasteiger partial charge in [0.2, 0.25) is 5.82 Å². The van der Waals surface area contributed by atoms with E-state index in [-0.39, 0.29) is 16.8 Å². The predicted octanol–water partition coefficient (Wildman–Crippen LogP) is 2.67. The maximum atomic E-state index is 11.3. The first-order chi connectivity index (χ1) is 10.2. The lowest BCUT2D eigenvalue weighted by atomic mass is 9.82. The number of anilines is 1. The smallest absolute Gasteiger partial charge is 0.372 e. The first-order valence-electron chi connectivity index (χ1n) is 7.22. The van der Waals surface area contributed by atoms with Crippen molar-refractivity contribution >= 4 is 27.9 Å². The average molecular weight is 308 g/mol. The molecule has 2 aromatic heterocycles. The van der Waals surface area contributed by atoms with E-state index < -0.39 is 0 Å². The Balaban J connectivity index is 1.65. The molecule has 1 N–H and O–H groups in total. The maximum Gasteiger partial charge on any atom is 0.372 e. The summed E-state index contributed by atoms with van der Waals surface area (Å²) in [4.78, 5) is 16.0. The second-order valence-corrected chi connectivity index (χ2v) is 6.51. The third kappa shape index (κ3) is 2.09. The number of fused-ring (bicyclic) bond motifs is 2. The maximum absolute atomic E-state index is 11.3. The fourth-order valence-electron chi connectivity index (χ4n) is 3.58. The number of nitrogens with one attached hydrogen (secondary N) is 1. The summed E-state index contributed by atoms with van der Waals surface area (Å²) in [5, 5.41) is 16.5. The zero-order valence-electron chi connectivity index (χ0n) is 11.4. The number of rotatable bonds is 3. The molecule has 8 heteroatoms. The highest BCUT2D eigenvalue weighted by Crippen LogP contribution is 2.37. The van der Waals surface area contributed by atoms with Crippen molar-refractivity contribution in [2.75, 3.05) is 11.9 Å². The van der Waals surface area contributed by atoms with Crippen LogP contribution < -0.4 is 5.32 Å². The van der Waals surface area contributed by atoms with Crippen LogP contribution in [-0.4, -0.2) is 33.1 Å². The van der Waals surface area contributed by atoms with Gasteiger partial charge in [-0.25, -0.2) is 0 Å². The lowest BCUT2D eigenvalue weighted by Crippen LogP contribution is -2.38. The monoisotopic (exact) mass is 308 g/mol. The topological polar surface area (TPSA) is 81.7 Å². The van der Waals surface area contributed by atoms with Gasteiger partial charge in [-0.3, -0.25) is 0 Å². The minimum atomic E-state index is -0.361. The molecule has 3 unspecified atom stereocenters. The Morgan fingerprint density at radius 3 is 3.24 bits per heavy atom. The number of aromatic nitrogens is 2. The summed E-state index contributed by atoms with van der Waals surface area (Å²) in [5.41, 5.74) is 0. The minimum absolute atomic E-state index is 0.0345. The quantitative estimate of drug-likeness (QED) is 0.696. The molecule has 2 fully saturated rings. The van der Waals surface area contributed by atoms with Crippen LogP contribution in [0, 0.1) is 16.0 Å². The van der Waals surface area contributed by atoms with Crippen molar-refractivity contribution in [1.82, 2.24) is 9.38 Å². The van der Waals surface area contributed by atoms with Crippen LogP contribution in [0.15, 0.2) is 11.6 Å². The van der Waals surface area contributed by atoms with E-state index in [1.807, 2.05) is 0 Å². The summed E-state index contributed by atoms with van der Waals surface area (Å²) in [6.07, 6.45) is 6.24. The third-order valence-corrected chi connectivity index (χ3v) is 5.27. The van der Waals surface area contributed by atoms with E-state index in [1.54, 1.807) is 16.0 Å². The summed E-state index contributed by atoms with van der Waals surface area (Å²) in [6, 6.07) is 0.217. The first kappa shape index (κ1) is 13.0. The van der Waals surface area contributed by atoms with Gasteiger partial charge in [0, 0.05) is 23.9 Å². The van der Waals surface area contributed by atoms with Gasteiger partial charge in [0.1, 0.15) is 6.20 Å². The Hall–Kier alpha value is -1.67. The van der Waals surface area contributed by atoms with E-state index >= 15 is 0 Å². The SMILES string of the molecule is O=[N+]([O-])c1c(NC2CCCC3OCCC23)nc2sccn12. The standard InChI is InChI=1S/C13H16N4O3S/c18-17(19)12-11(15-13-16(12)5-7-21-13)14-9-2-1-3-10-8(9)4-6-20-10/h5,7-10,14H,1-4,6H2. The van der Waals surface area contributed by atoms with Crippen molar-refractivity contribution in [3.8, 4) is 0 Å². The molecule has 2 aromatic rings. The summed E-state index contributed by atoms with van der Waals surface area (Å²) in [7, 11) is 0. The fourth-order valence-corrected chi connectivity index (χ4v) is 4.28. The highest BCUT2D eigenvalue weighted by atomic mass is 32.1. The van der Waals surface area contributed by atoms with Crippen LogP contribution in [0.1, 0.15) is 25.7 Å². The van der Waals surface area contributed by atoms with E-state index in [1.165, 1.54) is 11.3 Å². The summed E-state index contributed by atoms with van der Waals surface area (Å²) >= 11 is 1.40. The molecule has 2 aliphatic rings. The van der Waals surface area contributed by atoms with E-state index in [4.69, 9.17) is 4.74 Å². The highest BCUT2D eigenvalue weighted by Gasteiger charge is 2.39. The number of ether oxygens (including phenoxy) is 1. The van der Waals surface area contributed by atoms with Gasteiger partial charge in [-0.15, -0.1) is 0 Å².